The minimum Gasteiger partial charge on any atom is -0.341 e. The van der Waals surface area contributed by atoms with Gasteiger partial charge in [0, 0.05) is 40.5 Å². The van der Waals surface area contributed by atoms with Crippen molar-refractivity contribution in [2.45, 2.75) is 104 Å². The lowest BCUT2D eigenvalue weighted by Crippen LogP contribution is -2.31. The van der Waals surface area contributed by atoms with Crippen LogP contribution in [-0.4, -0.2) is 22.4 Å². The molecule has 0 amide bonds. The fourth-order valence-corrected chi connectivity index (χ4v) is 8.87. The second-order valence-corrected chi connectivity index (χ2v) is 15.5. The van der Waals surface area contributed by atoms with Gasteiger partial charge < -0.3 is 4.90 Å². The molecule has 0 unspecified atom stereocenters. The predicted molar refractivity (Wildman–Crippen MR) is 203 cm³/mol. The Morgan fingerprint density at radius 2 is 1.34 bits per heavy atom. The maximum atomic E-state index is 2.57. The molecule has 0 aromatic heterocycles. The van der Waals surface area contributed by atoms with Crippen molar-refractivity contribution in [2.75, 3.05) is 4.90 Å². The molecule has 0 bridgehead atoms. The van der Waals surface area contributed by atoms with E-state index in [1.165, 1.54) is 78.6 Å². The highest BCUT2D eigenvalue weighted by molar-refractivity contribution is 6.08. The van der Waals surface area contributed by atoms with Crippen molar-refractivity contribution in [2.24, 2.45) is 0 Å². The maximum Gasteiger partial charge on any atom is 0.210 e. The molecule has 240 valence electrons. The molecule has 0 saturated heterocycles. The summed E-state index contributed by atoms with van der Waals surface area (Å²) < 4.78 is 2.57. The number of hydrogen-bond acceptors (Lipinski definition) is 1. The number of anilines is 1. The monoisotopic (exact) mass is 619 g/mol. The van der Waals surface area contributed by atoms with E-state index in [9.17, 15) is 0 Å². The van der Waals surface area contributed by atoms with Crippen molar-refractivity contribution >= 4 is 38.6 Å². The molecule has 2 heterocycles. The van der Waals surface area contributed by atoms with Gasteiger partial charge in [-0.05, 0) is 130 Å². The third-order valence-corrected chi connectivity index (χ3v) is 11.2. The largest absolute Gasteiger partial charge is 0.341 e. The van der Waals surface area contributed by atoms with Crippen LogP contribution >= 0.6 is 0 Å². The van der Waals surface area contributed by atoms with Crippen LogP contribution in [0.25, 0.3) is 21.5 Å². The summed E-state index contributed by atoms with van der Waals surface area (Å²) in [6.07, 6.45) is 13.2. The van der Waals surface area contributed by atoms with Gasteiger partial charge >= 0.3 is 0 Å². The molecule has 2 heteroatoms. The van der Waals surface area contributed by atoms with Gasteiger partial charge in [-0.1, -0.05) is 80.6 Å². The van der Waals surface area contributed by atoms with Gasteiger partial charge in [-0.25, -0.2) is 0 Å². The van der Waals surface area contributed by atoms with E-state index in [-0.39, 0.29) is 10.8 Å². The lowest BCUT2D eigenvalue weighted by atomic mass is 9.78. The van der Waals surface area contributed by atoms with E-state index in [0.717, 1.165) is 12.8 Å². The van der Waals surface area contributed by atoms with E-state index in [2.05, 4.69) is 169 Å². The Balaban J connectivity index is 1.27. The van der Waals surface area contributed by atoms with Gasteiger partial charge in [-0.3, -0.25) is 0 Å². The molecular weight excluding hydrogens is 569 g/mol. The van der Waals surface area contributed by atoms with Gasteiger partial charge in [0.15, 0.2) is 11.8 Å². The van der Waals surface area contributed by atoms with E-state index in [4.69, 9.17) is 0 Å². The zero-order valence-electron chi connectivity index (χ0n) is 29.9. The molecular formula is C45H51N2+. The highest BCUT2D eigenvalue weighted by Gasteiger charge is 2.46. The van der Waals surface area contributed by atoms with E-state index >= 15 is 0 Å². The molecule has 7 rings (SSSR count). The molecule has 0 atom stereocenters. The SMILES string of the molecule is CC1=C(/C=C/C2=[N+](C(C)C)c3ccc4ccccc4c3C2(C)C)CCC/C1=C\C=C1\N(C(C)C)c2ccc3ccccc3c2C1(C)C. The smallest absolute Gasteiger partial charge is 0.210 e. The molecule has 0 spiro atoms. The van der Waals surface area contributed by atoms with Gasteiger partial charge in [0.25, 0.3) is 0 Å². The van der Waals surface area contributed by atoms with Crippen molar-refractivity contribution in [3.05, 3.63) is 131 Å². The molecule has 47 heavy (non-hydrogen) atoms. The van der Waals surface area contributed by atoms with Crippen LogP contribution in [0, 0.1) is 0 Å². The maximum absolute atomic E-state index is 2.57. The third kappa shape index (κ3) is 4.95. The number of benzene rings is 4. The van der Waals surface area contributed by atoms with Gasteiger partial charge in [0.1, 0.15) is 0 Å². The average Bonchev–Trinajstić information content (AvgIpc) is 3.42. The average molecular weight is 620 g/mol. The molecule has 4 aromatic rings. The zero-order chi connectivity index (χ0) is 33.2. The standard InChI is InChI=1S/C45H51N2/c1-29(2)46-38-25-21-34-15-10-12-19-36(34)42(38)44(6,7)40(46)27-23-32-17-14-18-33(31(32)5)24-28-41-45(8,9)43-37-20-13-11-16-35(37)22-26-39(43)47(41)30(3)4/h10-13,15-16,19-30H,14,17-18H2,1-9H3/q+1. The summed E-state index contributed by atoms with van der Waals surface area (Å²) in [6, 6.07) is 27.7. The van der Waals surface area contributed by atoms with Crippen LogP contribution in [0.1, 0.15) is 92.7 Å². The van der Waals surface area contributed by atoms with E-state index < -0.39 is 0 Å². The Morgan fingerprint density at radius 1 is 0.702 bits per heavy atom. The summed E-state index contributed by atoms with van der Waals surface area (Å²) in [5.41, 5.74) is 12.6. The highest BCUT2D eigenvalue weighted by atomic mass is 15.2. The van der Waals surface area contributed by atoms with Crippen molar-refractivity contribution < 1.29 is 4.58 Å². The predicted octanol–water partition coefficient (Wildman–Crippen LogP) is 11.9. The number of rotatable bonds is 5. The van der Waals surface area contributed by atoms with Crippen LogP contribution in [0.15, 0.2) is 120 Å². The molecule has 3 aliphatic rings. The Morgan fingerprint density at radius 3 is 2.00 bits per heavy atom. The molecule has 2 aliphatic heterocycles. The first-order chi connectivity index (χ1) is 22.4. The summed E-state index contributed by atoms with van der Waals surface area (Å²) in [7, 11) is 0. The Hall–Kier alpha value is -4.17. The summed E-state index contributed by atoms with van der Waals surface area (Å²) >= 11 is 0. The molecule has 0 fully saturated rings. The Bertz CT molecular complexity index is 2070. The quantitative estimate of drug-likeness (QED) is 0.201. The van der Waals surface area contributed by atoms with Crippen LogP contribution in [0.2, 0.25) is 0 Å². The number of fused-ring (bicyclic) bond motifs is 6. The second kappa shape index (κ2) is 11.5. The fourth-order valence-electron chi connectivity index (χ4n) is 8.87. The Kier molecular flexibility index (Phi) is 7.70. The van der Waals surface area contributed by atoms with Crippen LogP contribution in [-0.2, 0) is 10.8 Å². The first-order valence-corrected chi connectivity index (χ1v) is 17.7. The lowest BCUT2D eigenvalue weighted by Gasteiger charge is -2.30. The molecule has 0 saturated carbocycles. The van der Waals surface area contributed by atoms with Gasteiger partial charge in [-0.15, -0.1) is 0 Å². The van der Waals surface area contributed by atoms with Crippen molar-refractivity contribution in [3.63, 3.8) is 0 Å². The van der Waals surface area contributed by atoms with Gasteiger partial charge in [0.05, 0.1) is 5.41 Å². The van der Waals surface area contributed by atoms with E-state index in [1.807, 2.05) is 0 Å². The Labute approximate surface area is 282 Å². The molecule has 0 N–H and O–H groups in total. The number of nitrogens with zero attached hydrogens (tertiary/aromatic N) is 2. The van der Waals surface area contributed by atoms with Crippen LogP contribution in [0.5, 0.6) is 0 Å². The molecule has 4 aromatic carbocycles. The van der Waals surface area contributed by atoms with Gasteiger partial charge in [0.2, 0.25) is 5.69 Å². The first-order valence-electron chi connectivity index (χ1n) is 17.7. The van der Waals surface area contributed by atoms with E-state index in [0.29, 0.717) is 12.1 Å². The molecule has 1 aliphatic carbocycles. The fraction of sp³-hybridized carbons (Fsp3) is 0.356. The zero-order valence-corrected chi connectivity index (χ0v) is 29.9. The third-order valence-electron chi connectivity index (χ3n) is 11.2. The van der Waals surface area contributed by atoms with Crippen LogP contribution in [0.3, 0.4) is 0 Å². The van der Waals surface area contributed by atoms with Crippen molar-refractivity contribution in [1.82, 2.24) is 0 Å². The summed E-state index contributed by atoms with van der Waals surface area (Å²) in [5.74, 6) is 0. The first kappa shape index (κ1) is 31.4. The molecule has 0 radical (unpaired) electrons. The topological polar surface area (TPSA) is 6.25 Å². The normalized spacial score (nSPS) is 20.7. The highest BCUT2D eigenvalue weighted by Crippen LogP contribution is 2.52. The summed E-state index contributed by atoms with van der Waals surface area (Å²) in [6.45, 7) is 21.3. The number of hydrogen-bond donors (Lipinski definition) is 0. The number of allylic oxidation sites excluding steroid dienone is 8. The molecule has 2 nitrogen and oxygen atoms in total. The van der Waals surface area contributed by atoms with Crippen molar-refractivity contribution in [3.8, 4) is 0 Å². The van der Waals surface area contributed by atoms with Crippen LogP contribution < -0.4 is 4.90 Å². The van der Waals surface area contributed by atoms with Crippen LogP contribution in [0.4, 0.5) is 11.4 Å². The van der Waals surface area contributed by atoms with Crippen molar-refractivity contribution in [1.29, 1.82) is 0 Å². The summed E-state index contributed by atoms with van der Waals surface area (Å²) in [5, 5.41) is 5.38. The summed E-state index contributed by atoms with van der Waals surface area (Å²) in [4.78, 5) is 2.57. The van der Waals surface area contributed by atoms with Gasteiger partial charge in [-0.2, -0.15) is 4.58 Å². The minimum absolute atomic E-state index is 0.0866. The van der Waals surface area contributed by atoms with E-state index in [1.54, 1.807) is 0 Å². The second-order valence-electron chi connectivity index (χ2n) is 15.5. The lowest BCUT2D eigenvalue weighted by molar-refractivity contribution is -0.472. The minimum atomic E-state index is -0.0866.